The fourth-order valence-corrected chi connectivity index (χ4v) is 5.99. The van der Waals surface area contributed by atoms with E-state index in [1.807, 2.05) is 0 Å². The van der Waals surface area contributed by atoms with Gasteiger partial charge in [0.25, 0.3) is 0 Å². The predicted octanol–water partition coefficient (Wildman–Crippen LogP) is 1.79. The van der Waals surface area contributed by atoms with Crippen LogP contribution in [0.1, 0.15) is 24.3 Å². The number of piperidine rings is 3. The summed E-state index contributed by atoms with van der Waals surface area (Å²) in [6.07, 6.45) is 3.17. The highest BCUT2D eigenvalue weighted by molar-refractivity contribution is 7.88. The molecule has 4 saturated heterocycles. The van der Waals surface area contributed by atoms with E-state index in [1.165, 1.54) is 16.6 Å². The molecule has 4 aliphatic rings. The summed E-state index contributed by atoms with van der Waals surface area (Å²) >= 11 is 0. The summed E-state index contributed by atoms with van der Waals surface area (Å²) in [6.45, 7) is 2.06. The first-order chi connectivity index (χ1) is 10.9. The number of fused-ring (bicyclic) bond motifs is 2. The lowest BCUT2D eigenvalue weighted by molar-refractivity contribution is 0.0121. The van der Waals surface area contributed by atoms with Crippen molar-refractivity contribution in [2.45, 2.75) is 30.8 Å². The van der Waals surface area contributed by atoms with Gasteiger partial charge in [0.05, 0.1) is 6.26 Å². The van der Waals surface area contributed by atoms with E-state index in [4.69, 9.17) is 0 Å². The molecule has 4 aliphatic heterocycles. The van der Waals surface area contributed by atoms with Gasteiger partial charge >= 0.3 is 0 Å². The van der Waals surface area contributed by atoms with Crippen LogP contribution in [0.5, 0.6) is 0 Å². The molecule has 7 heteroatoms. The number of hydrogen-bond acceptors (Lipinski definition) is 3. The second-order valence-corrected chi connectivity index (χ2v) is 8.87. The minimum absolute atomic E-state index is 0.0477. The Bertz CT molecular complexity index is 732. The van der Waals surface area contributed by atoms with Gasteiger partial charge in [0.15, 0.2) is 11.6 Å². The Kier molecular flexibility index (Phi) is 3.52. The average molecular weight is 342 g/mol. The van der Waals surface area contributed by atoms with Gasteiger partial charge in [-0.3, -0.25) is 4.90 Å². The first-order valence-electron chi connectivity index (χ1n) is 8.02. The van der Waals surface area contributed by atoms with Gasteiger partial charge in [-0.2, -0.15) is 4.31 Å². The Morgan fingerprint density at radius 2 is 1.83 bits per heavy atom. The maximum atomic E-state index is 14.3. The molecule has 0 spiro atoms. The van der Waals surface area contributed by atoms with Gasteiger partial charge in [-0.25, -0.2) is 17.2 Å². The molecule has 0 aromatic heterocycles. The topological polar surface area (TPSA) is 40.6 Å². The van der Waals surface area contributed by atoms with E-state index in [-0.39, 0.29) is 24.5 Å². The first kappa shape index (κ1) is 15.5. The van der Waals surface area contributed by atoms with Gasteiger partial charge in [-0.1, -0.05) is 12.1 Å². The van der Waals surface area contributed by atoms with Crippen molar-refractivity contribution in [3.8, 4) is 0 Å². The van der Waals surface area contributed by atoms with Crippen molar-refractivity contribution in [2.75, 3.05) is 25.9 Å². The van der Waals surface area contributed by atoms with E-state index in [0.717, 1.165) is 32.0 Å². The normalized spacial score (nSPS) is 37.1. The largest absolute Gasteiger partial charge is 0.298 e. The molecule has 0 amide bonds. The molecule has 0 N–H and O–H groups in total. The second kappa shape index (κ2) is 5.22. The minimum atomic E-state index is -3.37. The molecule has 0 aliphatic carbocycles. The molecule has 5 rings (SSSR count). The maximum absolute atomic E-state index is 14.3. The average Bonchev–Trinajstić information content (AvgIpc) is 2.94. The minimum Gasteiger partial charge on any atom is -0.298 e. The van der Waals surface area contributed by atoms with Gasteiger partial charge in [0, 0.05) is 24.5 Å². The van der Waals surface area contributed by atoms with Gasteiger partial charge in [-0.05, 0) is 43.5 Å². The zero-order chi connectivity index (χ0) is 16.4. The third-order valence-electron chi connectivity index (χ3n) is 5.76. The standard InChI is InChI=1S/C16H20F2N2O2S/c1-23(21,22)20-9-12(11-3-2-4-13(17)14(11)18)16-15(20)10-5-7-19(16)8-6-10/h2-4,10,12,15-16H,5-9H2,1H3/t12-,15+,16+/m1/s1. The van der Waals surface area contributed by atoms with E-state index in [9.17, 15) is 17.2 Å². The van der Waals surface area contributed by atoms with Crippen molar-refractivity contribution in [2.24, 2.45) is 5.92 Å². The van der Waals surface area contributed by atoms with Crippen LogP contribution in [0.3, 0.4) is 0 Å². The lowest BCUT2D eigenvalue weighted by atomic mass is 9.75. The Morgan fingerprint density at radius 3 is 2.48 bits per heavy atom. The highest BCUT2D eigenvalue weighted by Crippen LogP contribution is 2.47. The van der Waals surface area contributed by atoms with Gasteiger partial charge in [0.1, 0.15) is 0 Å². The Labute approximate surface area is 135 Å². The number of benzene rings is 1. The lowest BCUT2D eigenvalue weighted by Crippen LogP contribution is -2.60. The third kappa shape index (κ3) is 2.32. The third-order valence-corrected chi connectivity index (χ3v) is 7.00. The summed E-state index contributed by atoms with van der Waals surface area (Å²) in [6, 6.07) is 4.04. The van der Waals surface area contributed by atoms with Crippen molar-refractivity contribution in [3.05, 3.63) is 35.4 Å². The first-order valence-corrected chi connectivity index (χ1v) is 9.87. The van der Waals surface area contributed by atoms with E-state index in [0.29, 0.717) is 11.5 Å². The molecule has 2 bridgehead atoms. The summed E-state index contributed by atoms with van der Waals surface area (Å²) < 4.78 is 54.0. The number of halogens is 2. The van der Waals surface area contributed by atoms with Crippen molar-refractivity contribution in [3.63, 3.8) is 0 Å². The summed E-state index contributed by atoms with van der Waals surface area (Å²) in [4.78, 5) is 2.27. The number of nitrogens with zero attached hydrogens (tertiary/aromatic N) is 2. The molecule has 0 radical (unpaired) electrons. The molecule has 4 heterocycles. The molecule has 0 saturated carbocycles. The number of rotatable bonds is 2. The van der Waals surface area contributed by atoms with Crippen LogP contribution in [0.15, 0.2) is 18.2 Å². The van der Waals surface area contributed by atoms with Crippen LogP contribution >= 0.6 is 0 Å². The highest BCUT2D eigenvalue weighted by Gasteiger charge is 2.56. The van der Waals surface area contributed by atoms with Gasteiger partial charge in [0.2, 0.25) is 10.0 Å². The van der Waals surface area contributed by atoms with Crippen molar-refractivity contribution in [1.29, 1.82) is 0 Å². The SMILES string of the molecule is CS(=O)(=O)N1C[C@H](c2cccc(F)c2F)[C@H]2[C@@H]1C1CCN2CC1. The van der Waals surface area contributed by atoms with Crippen LogP contribution in [0.4, 0.5) is 8.78 Å². The molecule has 3 atom stereocenters. The van der Waals surface area contributed by atoms with Gasteiger partial charge < -0.3 is 0 Å². The summed E-state index contributed by atoms with van der Waals surface area (Å²) in [5.41, 5.74) is 0.304. The summed E-state index contributed by atoms with van der Waals surface area (Å²) in [5.74, 6) is -1.70. The fourth-order valence-electron chi connectivity index (χ4n) is 4.82. The van der Waals surface area contributed by atoms with Crippen LogP contribution < -0.4 is 0 Å². The van der Waals surface area contributed by atoms with Crippen LogP contribution in [-0.2, 0) is 10.0 Å². The summed E-state index contributed by atoms with van der Waals surface area (Å²) in [7, 11) is -3.37. The zero-order valence-electron chi connectivity index (χ0n) is 13.0. The molecule has 1 aromatic rings. The smallest absolute Gasteiger partial charge is 0.211 e. The van der Waals surface area contributed by atoms with E-state index in [2.05, 4.69) is 4.90 Å². The molecular weight excluding hydrogens is 322 g/mol. The monoisotopic (exact) mass is 342 g/mol. The van der Waals surface area contributed by atoms with Crippen LogP contribution in [-0.4, -0.2) is 55.6 Å². The molecule has 4 nitrogen and oxygen atoms in total. The predicted molar refractivity (Wildman–Crippen MR) is 82.5 cm³/mol. The fraction of sp³-hybridized carbons (Fsp3) is 0.625. The Morgan fingerprint density at radius 1 is 1.13 bits per heavy atom. The van der Waals surface area contributed by atoms with E-state index >= 15 is 0 Å². The molecular formula is C16H20F2N2O2S. The highest BCUT2D eigenvalue weighted by atomic mass is 32.2. The lowest BCUT2D eigenvalue weighted by Gasteiger charge is -2.50. The van der Waals surface area contributed by atoms with Crippen molar-refractivity contribution in [1.82, 2.24) is 9.21 Å². The van der Waals surface area contributed by atoms with E-state index in [1.54, 1.807) is 6.07 Å². The molecule has 0 unspecified atom stereocenters. The van der Waals surface area contributed by atoms with Crippen molar-refractivity contribution < 1.29 is 17.2 Å². The molecule has 23 heavy (non-hydrogen) atoms. The number of sulfonamides is 1. The van der Waals surface area contributed by atoms with Crippen molar-refractivity contribution >= 4 is 10.0 Å². The Hall–Kier alpha value is -1.05. The molecule has 4 fully saturated rings. The van der Waals surface area contributed by atoms with E-state index < -0.39 is 21.7 Å². The summed E-state index contributed by atoms with van der Waals surface area (Å²) in [5, 5.41) is 0. The van der Waals surface area contributed by atoms with Crippen LogP contribution in [0.2, 0.25) is 0 Å². The zero-order valence-corrected chi connectivity index (χ0v) is 13.8. The second-order valence-electron chi connectivity index (χ2n) is 6.94. The van der Waals surface area contributed by atoms with Crippen LogP contribution in [0.25, 0.3) is 0 Å². The quantitative estimate of drug-likeness (QED) is 0.823. The van der Waals surface area contributed by atoms with Crippen LogP contribution in [0, 0.1) is 17.6 Å². The molecule has 1 aromatic carbocycles. The maximum Gasteiger partial charge on any atom is 0.211 e. The Balaban J connectivity index is 1.80. The number of hydrogen-bond donors (Lipinski definition) is 0. The van der Waals surface area contributed by atoms with Gasteiger partial charge in [-0.15, -0.1) is 0 Å². The molecule has 126 valence electrons.